The number of thioether (sulfide) groups is 1. The molecule has 0 N–H and O–H groups in total. The number of aryl methyl sites for hydroxylation is 1. The van der Waals surface area contributed by atoms with Crippen LogP contribution in [0.2, 0.25) is 0 Å². The lowest BCUT2D eigenvalue weighted by atomic mass is 10.1. The third-order valence-corrected chi connectivity index (χ3v) is 3.80. The van der Waals surface area contributed by atoms with Gasteiger partial charge in [-0.1, -0.05) is 12.1 Å². The predicted octanol–water partition coefficient (Wildman–Crippen LogP) is 3.06. The van der Waals surface area contributed by atoms with E-state index in [0.29, 0.717) is 5.75 Å². The van der Waals surface area contributed by atoms with E-state index < -0.39 is 6.04 Å². The molecule has 0 spiro atoms. The van der Waals surface area contributed by atoms with Crippen LogP contribution in [0.3, 0.4) is 0 Å². The Hall–Kier alpha value is -1.03. The summed E-state index contributed by atoms with van der Waals surface area (Å²) in [6.07, 6.45) is 0. The number of rotatable bonds is 4. The molecule has 4 heteroatoms. The van der Waals surface area contributed by atoms with Crippen LogP contribution in [-0.4, -0.2) is 16.7 Å². The van der Waals surface area contributed by atoms with Crippen LogP contribution in [0.4, 0.5) is 0 Å². The Morgan fingerprint density at radius 1 is 1.47 bits per heavy atom. The van der Waals surface area contributed by atoms with Crippen LogP contribution in [0.15, 0.2) is 23.1 Å². The van der Waals surface area contributed by atoms with Gasteiger partial charge in [0.2, 0.25) is 6.04 Å². The first-order valence-electron chi connectivity index (χ1n) is 4.85. The van der Waals surface area contributed by atoms with Gasteiger partial charge < -0.3 is 0 Å². The highest BCUT2D eigenvalue weighted by atomic mass is 32.2. The van der Waals surface area contributed by atoms with E-state index in [0.717, 1.165) is 4.90 Å². The fourth-order valence-corrected chi connectivity index (χ4v) is 2.25. The third kappa shape index (κ3) is 3.23. The van der Waals surface area contributed by atoms with Crippen molar-refractivity contribution in [3.63, 3.8) is 0 Å². The van der Waals surface area contributed by atoms with Gasteiger partial charge in [-0.2, -0.15) is 0 Å². The molecule has 3 nitrogen and oxygen atoms in total. The van der Waals surface area contributed by atoms with Gasteiger partial charge in [-0.3, -0.25) is 10.1 Å². The molecule has 0 amide bonds. The minimum atomic E-state index is -0.491. The van der Waals surface area contributed by atoms with E-state index in [1.54, 1.807) is 18.7 Å². The van der Waals surface area contributed by atoms with Gasteiger partial charge in [-0.15, -0.1) is 11.8 Å². The monoisotopic (exact) mass is 225 g/mol. The minimum Gasteiger partial charge on any atom is -0.264 e. The Bertz CT molecular complexity index is 366. The fourth-order valence-electron chi connectivity index (χ4n) is 1.15. The van der Waals surface area contributed by atoms with Gasteiger partial charge in [0.05, 0.1) is 5.75 Å². The SMILES string of the molecule is Cc1cccc(SCC(C)[N+](=O)[O-])c1C. The molecule has 1 aromatic carbocycles. The first-order valence-corrected chi connectivity index (χ1v) is 5.83. The highest BCUT2D eigenvalue weighted by molar-refractivity contribution is 7.99. The van der Waals surface area contributed by atoms with Crippen molar-refractivity contribution in [1.82, 2.24) is 0 Å². The van der Waals surface area contributed by atoms with Gasteiger partial charge >= 0.3 is 0 Å². The molecule has 0 aliphatic rings. The average molecular weight is 225 g/mol. The molecule has 0 saturated carbocycles. The lowest BCUT2D eigenvalue weighted by molar-refractivity contribution is -0.511. The van der Waals surface area contributed by atoms with E-state index in [2.05, 4.69) is 19.9 Å². The lowest BCUT2D eigenvalue weighted by Gasteiger charge is -2.08. The second-order valence-corrected chi connectivity index (χ2v) is 4.71. The maximum atomic E-state index is 10.5. The van der Waals surface area contributed by atoms with Crippen LogP contribution in [0.1, 0.15) is 18.1 Å². The summed E-state index contributed by atoms with van der Waals surface area (Å²) in [5, 5.41) is 10.5. The van der Waals surface area contributed by atoms with Crippen molar-refractivity contribution in [1.29, 1.82) is 0 Å². The topological polar surface area (TPSA) is 43.1 Å². The maximum Gasteiger partial charge on any atom is 0.219 e. The molecule has 0 aromatic heterocycles. The predicted molar refractivity (Wildman–Crippen MR) is 63.1 cm³/mol. The van der Waals surface area contributed by atoms with E-state index in [4.69, 9.17) is 0 Å². The van der Waals surface area contributed by atoms with E-state index in [1.165, 1.54) is 11.1 Å². The molecule has 0 aliphatic heterocycles. The van der Waals surface area contributed by atoms with E-state index >= 15 is 0 Å². The molecule has 0 bridgehead atoms. The van der Waals surface area contributed by atoms with Crippen LogP contribution < -0.4 is 0 Å². The summed E-state index contributed by atoms with van der Waals surface area (Å²) in [4.78, 5) is 11.4. The Balaban J connectivity index is 2.66. The van der Waals surface area contributed by atoms with Gasteiger partial charge in [0, 0.05) is 16.7 Å². The summed E-state index contributed by atoms with van der Waals surface area (Å²) in [5.74, 6) is 0.525. The molecule has 1 unspecified atom stereocenters. The number of nitro groups is 1. The summed E-state index contributed by atoms with van der Waals surface area (Å²) in [7, 11) is 0. The number of benzene rings is 1. The smallest absolute Gasteiger partial charge is 0.219 e. The molecule has 15 heavy (non-hydrogen) atoms. The van der Waals surface area contributed by atoms with E-state index in [-0.39, 0.29) is 4.92 Å². The average Bonchev–Trinajstić information content (AvgIpc) is 2.19. The fraction of sp³-hybridized carbons (Fsp3) is 0.455. The van der Waals surface area contributed by atoms with E-state index in [9.17, 15) is 10.1 Å². The van der Waals surface area contributed by atoms with Gasteiger partial charge in [0.1, 0.15) is 0 Å². The molecule has 1 aromatic rings. The highest BCUT2D eigenvalue weighted by Gasteiger charge is 2.13. The molecule has 0 fully saturated rings. The summed E-state index contributed by atoms with van der Waals surface area (Å²) in [6.45, 7) is 5.74. The summed E-state index contributed by atoms with van der Waals surface area (Å²) in [5.41, 5.74) is 2.45. The van der Waals surface area contributed by atoms with Crippen molar-refractivity contribution in [2.75, 3.05) is 5.75 Å². The Morgan fingerprint density at radius 3 is 2.73 bits per heavy atom. The van der Waals surface area contributed by atoms with Gasteiger partial charge in [-0.25, -0.2) is 0 Å². The molecule has 0 heterocycles. The normalized spacial score (nSPS) is 12.5. The number of nitrogens with zero attached hydrogens (tertiary/aromatic N) is 1. The standard InChI is InChI=1S/C11H15NO2S/c1-8-5-4-6-11(10(8)3)15-7-9(2)12(13)14/h4-6,9H,7H2,1-3H3. The molecular weight excluding hydrogens is 210 g/mol. The highest BCUT2D eigenvalue weighted by Crippen LogP contribution is 2.25. The first kappa shape index (κ1) is 12.0. The molecule has 1 rings (SSSR count). The van der Waals surface area contributed by atoms with Crippen molar-refractivity contribution in [3.05, 3.63) is 39.4 Å². The zero-order valence-corrected chi connectivity index (χ0v) is 10.0. The van der Waals surface area contributed by atoms with Crippen molar-refractivity contribution >= 4 is 11.8 Å². The van der Waals surface area contributed by atoms with Crippen molar-refractivity contribution in [2.45, 2.75) is 31.7 Å². The van der Waals surface area contributed by atoms with E-state index in [1.807, 2.05) is 12.1 Å². The second-order valence-electron chi connectivity index (χ2n) is 3.64. The molecule has 0 aliphatic carbocycles. The second kappa shape index (κ2) is 5.16. The van der Waals surface area contributed by atoms with Crippen molar-refractivity contribution in [2.24, 2.45) is 0 Å². The maximum absolute atomic E-state index is 10.5. The molecule has 1 atom stereocenters. The van der Waals surface area contributed by atoms with Crippen LogP contribution in [0.25, 0.3) is 0 Å². The molecular formula is C11H15NO2S. The Morgan fingerprint density at radius 2 is 2.13 bits per heavy atom. The van der Waals surface area contributed by atoms with Gasteiger partial charge in [-0.05, 0) is 31.0 Å². The summed E-state index contributed by atoms with van der Waals surface area (Å²) in [6, 6.07) is 5.56. The summed E-state index contributed by atoms with van der Waals surface area (Å²) >= 11 is 1.56. The largest absolute Gasteiger partial charge is 0.264 e. The van der Waals surface area contributed by atoms with Crippen LogP contribution in [-0.2, 0) is 0 Å². The van der Waals surface area contributed by atoms with Crippen LogP contribution in [0, 0.1) is 24.0 Å². The molecule has 82 valence electrons. The zero-order valence-electron chi connectivity index (χ0n) is 9.19. The molecule has 0 saturated heterocycles. The third-order valence-electron chi connectivity index (χ3n) is 2.39. The zero-order chi connectivity index (χ0) is 11.4. The number of hydrogen-bond donors (Lipinski definition) is 0. The van der Waals surface area contributed by atoms with Crippen molar-refractivity contribution in [3.8, 4) is 0 Å². The Labute approximate surface area is 94.0 Å². The Kier molecular flexibility index (Phi) is 4.15. The minimum absolute atomic E-state index is 0.238. The van der Waals surface area contributed by atoms with Crippen LogP contribution in [0.5, 0.6) is 0 Å². The van der Waals surface area contributed by atoms with Gasteiger partial charge in [0.15, 0.2) is 0 Å². The quantitative estimate of drug-likeness (QED) is 0.449. The van der Waals surface area contributed by atoms with Gasteiger partial charge in [0.25, 0.3) is 0 Å². The first-order chi connectivity index (χ1) is 7.02. The molecule has 0 radical (unpaired) electrons. The van der Waals surface area contributed by atoms with Crippen LogP contribution >= 0.6 is 11.8 Å². The lowest BCUT2D eigenvalue weighted by Crippen LogP contribution is -2.17. The van der Waals surface area contributed by atoms with Crippen molar-refractivity contribution < 1.29 is 4.92 Å². The number of hydrogen-bond acceptors (Lipinski definition) is 3. The summed E-state index contributed by atoms with van der Waals surface area (Å²) < 4.78 is 0.